The standard InChI is InChI=1S/C22H28N2O/c1-5-16-7-6-15(2)20(10-16)22(3,4)13-19(25)12-18-11-17-8-9-23-14-21(17)24-18/h5-10,14,18-19,24-25H,1,11-13H2,2-4H3. The quantitative estimate of drug-likeness (QED) is 0.817. The van der Waals surface area contributed by atoms with E-state index in [1.54, 1.807) is 0 Å². The van der Waals surface area contributed by atoms with E-state index in [0.29, 0.717) is 0 Å². The predicted molar refractivity (Wildman–Crippen MR) is 105 cm³/mol. The molecule has 1 aromatic heterocycles. The number of pyridine rings is 1. The normalized spacial score (nSPS) is 17.7. The molecule has 1 aromatic carbocycles. The lowest BCUT2D eigenvalue weighted by molar-refractivity contribution is 0.124. The van der Waals surface area contributed by atoms with Gasteiger partial charge in [-0.1, -0.05) is 44.7 Å². The average molecular weight is 336 g/mol. The maximum absolute atomic E-state index is 10.7. The minimum Gasteiger partial charge on any atom is -0.393 e. The Morgan fingerprint density at radius 2 is 2.20 bits per heavy atom. The van der Waals surface area contributed by atoms with Crippen LogP contribution in [0.1, 0.15) is 48.9 Å². The highest BCUT2D eigenvalue weighted by atomic mass is 16.3. The van der Waals surface area contributed by atoms with Crippen molar-refractivity contribution in [3.8, 4) is 0 Å². The molecule has 132 valence electrons. The molecule has 0 saturated carbocycles. The van der Waals surface area contributed by atoms with Crippen molar-refractivity contribution in [1.29, 1.82) is 0 Å². The van der Waals surface area contributed by atoms with Crippen molar-refractivity contribution in [3.63, 3.8) is 0 Å². The van der Waals surface area contributed by atoms with E-state index in [1.807, 2.05) is 18.5 Å². The Bertz CT molecular complexity index is 741. The summed E-state index contributed by atoms with van der Waals surface area (Å²) in [7, 11) is 0. The van der Waals surface area contributed by atoms with Gasteiger partial charge in [0.2, 0.25) is 0 Å². The lowest BCUT2D eigenvalue weighted by Gasteiger charge is -2.31. The number of benzene rings is 1. The van der Waals surface area contributed by atoms with Crippen LogP contribution in [0.25, 0.3) is 6.08 Å². The van der Waals surface area contributed by atoms with Gasteiger partial charge in [0.05, 0.1) is 18.0 Å². The van der Waals surface area contributed by atoms with Crippen LogP contribution in [0, 0.1) is 6.92 Å². The summed E-state index contributed by atoms with van der Waals surface area (Å²) in [4.78, 5) is 4.16. The summed E-state index contributed by atoms with van der Waals surface area (Å²) in [6, 6.07) is 8.77. The lowest BCUT2D eigenvalue weighted by Crippen LogP contribution is -2.30. The Morgan fingerprint density at radius 1 is 1.40 bits per heavy atom. The fourth-order valence-electron chi connectivity index (χ4n) is 4.02. The van der Waals surface area contributed by atoms with Crippen LogP contribution in [0.3, 0.4) is 0 Å². The van der Waals surface area contributed by atoms with Crippen molar-refractivity contribution in [2.75, 3.05) is 5.32 Å². The number of nitrogens with one attached hydrogen (secondary N) is 1. The van der Waals surface area contributed by atoms with Crippen LogP contribution in [0.4, 0.5) is 5.69 Å². The van der Waals surface area contributed by atoms with Crippen molar-refractivity contribution >= 4 is 11.8 Å². The molecule has 3 rings (SSSR count). The van der Waals surface area contributed by atoms with Crippen molar-refractivity contribution in [2.45, 2.75) is 57.6 Å². The van der Waals surface area contributed by atoms with E-state index in [-0.39, 0.29) is 17.6 Å². The zero-order chi connectivity index (χ0) is 18.0. The van der Waals surface area contributed by atoms with Gasteiger partial charge in [-0.25, -0.2) is 0 Å². The minimum atomic E-state index is -0.346. The number of aliphatic hydroxyl groups excluding tert-OH is 1. The number of aryl methyl sites for hydroxylation is 1. The Morgan fingerprint density at radius 3 is 2.92 bits per heavy atom. The molecule has 0 radical (unpaired) electrons. The average Bonchev–Trinajstić information content (AvgIpc) is 2.96. The number of nitrogens with zero attached hydrogens (tertiary/aromatic N) is 1. The van der Waals surface area contributed by atoms with Crippen LogP contribution >= 0.6 is 0 Å². The van der Waals surface area contributed by atoms with Crippen molar-refractivity contribution in [2.24, 2.45) is 0 Å². The van der Waals surface area contributed by atoms with Crippen LogP contribution in [0.2, 0.25) is 0 Å². The molecule has 0 fully saturated rings. The maximum Gasteiger partial charge on any atom is 0.0568 e. The second-order valence-corrected chi connectivity index (χ2v) is 7.83. The Kier molecular flexibility index (Phi) is 4.96. The molecule has 0 bridgehead atoms. The number of hydrogen-bond acceptors (Lipinski definition) is 3. The first kappa shape index (κ1) is 17.7. The van der Waals surface area contributed by atoms with E-state index in [0.717, 1.165) is 30.5 Å². The molecule has 0 spiro atoms. The number of rotatable bonds is 6. The van der Waals surface area contributed by atoms with Crippen LogP contribution in [0.5, 0.6) is 0 Å². The molecule has 25 heavy (non-hydrogen) atoms. The Labute approximate surface area is 150 Å². The van der Waals surface area contributed by atoms with Gasteiger partial charge in [0.1, 0.15) is 0 Å². The summed E-state index contributed by atoms with van der Waals surface area (Å²) in [5, 5.41) is 14.2. The van der Waals surface area contributed by atoms with Crippen molar-refractivity contribution in [1.82, 2.24) is 4.98 Å². The van der Waals surface area contributed by atoms with E-state index < -0.39 is 0 Å². The first-order chi connectivity index (χ1) is 11.9. The number of fused-ring (bicyclic) bond motifs is 1. The van der Waals surface area contributed by atoms with E-state index in [1.165, 1.54) is 16.7 Å². The van der Waals surface area contributed by atoms with E-state index >= 15 is 0 Å². The second-order valence-electron chi connectivity index (χ2n) is 7.83. The molecule has 0 saturated heterocycles. The zero-order valence-electron chi connectivity index (χ0n) is 15.4. The van der Waals surface area contributed by atoms with Gasteiger partial charge in [-0.2, -0.15) is 0 Å². The Hall–Kier alpha value is -2.13. The summed E-state index contributed by atoms with van der Waals surface area (Å²) in [6.07, 6.45) is 7.68. The molecule has 2 atom stereocenters. The first-order valence-corrected chi connectivity index (χ1v) is 9.00. The number of aromatic nitrogens is 1. The summed E-state index contributed by atoms with van der Waals surface area (Å²) in [5.41, 5.74) is 5.99. The molecule has 1 aliphatic heterocycles. The van der Waals surface area contributed by atoms with Gasteiger partial charge < -0.3 is 10.4 Å². The SMILES string of the molecule is C=Cc1ccc(C)c(C(C)(C)CC(O)CC2Cc3ccncc3N2)c1. The van der Waals surface area contributed by atoms with Crippen LogP contribution in [-0.4, -0.2) is 22.2 Å². The molecule has 1 aliphatic rings. The van der Waals surface area contributed by atoms with Crippen LogP contribution < -0.4 is 5.32 Å². The van der Waals surface area contributed by atoms with E-state index in [2.05, 4.69) is 61.9 Å². The van der Waals surface area contributed by atoms with Crippen molar-refractivity contribution in [3.05, 3.63) is 65.5 Å². The molecule has 2 heterocycles. The van der Waals surface area contributed by atoms with Gasteiger partial charge in [0.15, 0.2) is 0 Å². The number of hydrogen-bond donors (Lipinski definition) is 2. The predicted octanol–water partition coefficient (Wildman–Crippen LogP) is 4.49. The third kappa shape index (κ3) is 3.93. The molecular weight excluding hydrogens is 308 g/mol. The highest BCUT2D eigenvalue weighted by Crippen LogP contribution is 2.34. The van der Waals surface area contributed by atoms with Crippen LogP contribution in [0.15, 0.2) is 43.2 Å². The van der Waals surface area contributed by atoms with E-state index in [9.17, 15) is 5.11 Å². The molecule has 2 aromatic rings. The van der Waals surface area contributed by atoms with Gasteiger partial charge in [-0.15, -0.1) is 0 Å². The van der Waals surface area contributed by atoms with Gasteiger partial charge in [0.25, 0.3) is 0 Å². The molecule has 2 N–H and O–H groups in total. The molecule has 0 aliphatic carbocycles. The summed E-state index contributed by atoms with van der Waals surface area (Å²) < 4.78 is 0. The largest absolute Gasteiger partial charge is 0.393 e. The molecule has 2 unspecified atom stereocenters. The highest BCUT2D eigenvalue weighted by molar-refractivity contribution is 5.55. The monoisotopic (exact) mass is 336 g/mol. The van der Waals surface area contributed by atoms with Gasteiger partial charge >= 0.3 is 0 Å². The fraction of sp³-hybridized carbons (Fsp3) is 0.409. The topological polar surface area (TPSA) is 45.2 Å². The smallest absolute Gasteiger partial charge is 0.0568 e. The fourth-order valence-corrected chi connectivity index (χ4v) is 4.02. The van der Waals surface area contributed by atoms with Crippen LogP contribution in [-0.2, 0) is 11.8 Å². The minimum absolute atomic E-state index is 0.0878. The summed E-state index contributed by atoms with van der Waals surface area (Å²) in [5.74, 6) is 0. The first-order valence-electron chi connectivity index (χ1n) is 9.00. The third-order valence-electron chi connectivity index (χ3n) is 5.27. The lowest BCUT2D eigenvalue weighted by atomic mass is 9.76. The number of anilines is 1. The summed E-state index contributed by atoms with van der Waals surface area (Å²) >= 11 is 0. The molecular formula is C22H28N2O. The third-order valence-corrected chi connectivity index (χ3v) is 5.27. The van der Waals surface area contributed by atoms with Gasteiger partial charge in [-0.05, 0) is 59.9 Å². The number of aliphatic hydroxyl groups is 1. The molecule has 0 amide bonds. The zero-order valence-corrected chi connectivity index (χ0v) is 15.4. The van der Waals surface area contributed by atoms with E-state index in [4.69, 9.17) is 0 Å². The van der Waals surface area contributed by atoms with Gasteiger partial charge in [0, 0.05) is 12.2 Å². The summed E-state index contributed by atoms with van der Waals surface area (Å²) in [6.45, 7) is 10.4. The molecule has 3 heteroatoms. The maximum atomic E-state index is 10.7. The second kappa shape index (κ2) is 7.01. The van der Waals surface area contributed by atoms with Crippen molar-refractivity contribution < 1.29 is 5.11 Å². The molecule has 3 nitrogen and oxygen atoms in total. The Balaban J connectivity index is 1.66. The van der Waals surface area contributed by atoms with Gasteiger partial charge in [-0.3, -0.25) is 4.98 Å². The highest BCUT2D eigenvalue weighted by Gasteiger charge is 2.29.